The minimum Gasteiger partial charge on any atom is -0.489 e. The number of benzene rings is 1. The quantitative estimate of drug-likeness (QED) is 0.469. The van der Waals surface area contributed by atoms with Crippen molar-refractivity contribution >= 4 is 40.9 Å². The fourth-order valence-corrected chi connectivity index (χ4v) is 3.18. The molecule has 0 bridgehead atoms. The van der Waals surface area contributed by atoms with Gasteiger partial charge in [-0.3, -0.25) is 9.59 Å². The predicted octanol–water partition coefficient (Wildman–Crippen LogP) is 4.69. The smallest absolute Gasteiger partial charge is 0.311 e. The van der Waals surface area contributed by atoms with Gasteiger partial charge in [-0.15, -0.1) is 0 Å². The molecular weight excluding hydrogens is 457 g/mol. The number of rotatable bonds is 8. The van der Waals surface area contributed by atoms with Crippen molar-refractivity contribution in [3.63, 3.8) is 0 Å². The highest BCUT2D eigenvalue weighted by Crippen LogP contribution is 2.23. The van der Waals surface area contributed by atoms with Gasteiger partial charge in [0.15, 0.2) is 11.9 Å². The lowest BCUT2D eigenvalue weighted by Crippen LogP contribution is -2.30. The van der Waals surface area contributed by atoms with Crippen LogP contribution in [0.4, 0.5) is 5.82 Å². The highest BCUT2D eigenvalue weighted by atomic mass is 35.5. The number of amides is 1. The van der Waals surface area contributed by atoms with E-state index in [1.165, 1.54) is 19.2 Å². The van der Waals surface area contributed by atoms with Gasteiger partial charge in [-0.25, -0.2) is 4.98 Å². The largest absolute Gasteiger partial charge is 0.489 e. The van der Waals surface area contributed by atoms with E-state index in [9.17, 15) is 9.59 Å². The maximum atomic E-state index is 12.3. The molecule has 1 amide bonds. The van der Waals surface area contributed by atoms with Crippen LogP contribution in [0.1, 0.15) is 29.5 Å². The topological polar surface area (TPSA) is 104 Å². The summed E-state index contributed by atoms with van der Waals surface area (Å²) < 4.78 is 16.1. The van der Waals surface area contributed by atoms with Gasteiger partial charge in [0.25, 0.3) is 5.91 Å². The summed E-state index contributed by atoms with van der Waals surface area (Å²) in [7, 11) is 0. The average molecular weight is 478 g/mol. The Labute approximate surface area is 194 Å². The Kier molecular flexibility index (Phi) is 7.71. The van der Waals surface area contributed by atoms with Gasteiger partial charge in [0.1, 0.15) is 18.1 Å². The van der Waals surface area contributed by atoms with Crippen LogP contribution in [0.3, 0.4) is 0 Å². The maximum Gasteiger partial charge on any atom is 0.311 e. The minimum absolute atomic E-state index is 0.00170. The summed E-state index contributed by atoms with van der Waals surface area (Å²) in [4.78, 5) is 28.4. The number of aryl methyl sites for hydroxylation is 2. The van der Waals surface area contributed by atoms with Gasteiger partial charge in [-0.1, -0.05) is 40.5 Å². The Morgan fingerprint density at radius 1 is 1.19 bits per heavy atom. The minimum atomic E-state index is -1.03. The number of carbonyl (C=O) groups is 2. The third-order valence-electron chi connectivity index (χ3n) is 4.56. The van der Waals surface area contributed by atoms with Crippen LogP contribution in [0.5, 0.6) is 5.75 Å². The highest BCUT2D eigenvalue weighted by Gasteiger charge is 2.20. The summed E-state index contributed by atoms with van der Waals surface area (Å²) in [6.45, 7) is 5.48. The van der Waals surface area contributed by atoms with Crippen LogP contribution in [-0.4, -0.2) is 28.1 Å². The van der Waals surface area contributed by atoms with Crippen LogP contribution in [-0.2, 0) is 27.4 Å². The van der Waals surface area contributed by atoms with E-state index in [1.807, 2.05) is 13.8 Å². The fourth-order valence-electron chi connectivity index (χ4n) is 2.75. The molecule has 0 spiro atoms. The van der Waals surface area contributed by atoms with E-state index in [4.69, 9.17) is 37.2 Å². The lowest BCUT2D eigenvalue weighted by atomic mass is 10.1. The number of hydrogen-bond donors (Lipinski definition) is 1. The first kappa shape index (κ1) is 23.6. The van der Waals surface area contributed by atoms with Gasteiger partial charge < -0.3 is 19.3 Å². The number of nitrogens with zero attached hydrogens (tertiary/aromatic N) is 2. The highest BCUT2D eigenvalue weighted by molar-refractivity contribution is 6.36. The SMILES string of the molecule is Cc1noc(C)c1COc1ccc(CC(=O)OC(C)C(=O)Nc2ncc(Cl)cc2Cl)cc1. The molecule has 3 aromatic rings. The van der Waals surface area contributed by atoms with Crippen LogP contribution in [0, 0.1) is 13.8 Å². The number of ether oxygens (including phenoxy) is 2. The first-order valence-corrected chi connectivity index (χ1v) is 10.4. The first-order chi connectivity index (χ1) is 15.2. The molecule has 10 heteroatoms. The van der Waals surface area contributed by atoms with E-state index in [-0.39, 0.29) is 17.3 Å². The van der Waals surface area contributed by atoms with Gasteiger partial charge in [0.05, 0.1) is 27.7 Å². The van der Waals surface area contributed by atoms with Gasteiger partial charge in [-0.05, 0) is 44.5 Å². The molecule has 0 aliphatic heterocycles. The van der Waals surface area contributed by atoms with E-state index >= 15 is 0 Å². The molecule has 1 unspecified atom stereocenters. The van der Waals surface area contributed by atoms with E-state index in [1.54, 1.807) is 24.3 Å². The van der Waals surface area contributed by atoms with Gasteiger partial charge >= 0.3 is 5.97 Å². The zero-order valence-electron chi connectivity index (χ0n) is 17.6. The molecule has 168 valence electrons. The molecule has 0 aliphatic rings. The summed E-state index contributed by atoms with van der Waals surface area (Å²) in [6.07, 6.45) is 0.317. The van der Waals surface area contributed by atoms with Crippen molar-refractivity contribution in [1.29, 1.82) is 0 Å². The lowest BCUT2D eigenvalue weighted by Gasteiger charge is -2.14. The van der Waals surface area contributed by atoms with E-state index in [0.29, 0.717) is 23.1 Å². The number of aromatic nitrogens is 2. The Morgan fingerprint density at radius 3 is 2.53 bits per heavy atom. The fraction of sp³-hybridized carbons (Fsp3) is 0.273. The van der Waals surface area contributed by atoms with Crippen molar-refractivity contribution in [2.75, 3.05) is 5.32 Å². The normalized spacial score (nSPS) is 11.7. The second-order valence-electron chi connectivity index (χ2n) is 7.02. The number of pyridine rings is 1. The molecule has 0 fully saturated rings. The van der Waals surface area contributed by atoms with E-state index in [2.05, 4.69) is 15.5 Å². The second kappa shape index (κ2) is 10.5. The molecule has 0 saturated carbocycles. The van der Waals surface area contributed by atoms with Gasteiger partial charge in [0, 0.05) is 6.20 Å². The molecule has 2 aromatic heterocycles. The summed E-state index contributed by atoms with van der Waals surface area (Å²) in [5, 5.41) is 6.92. The summed E-state index contributed by atoms with van der Waals surface area (Å²) in [5.41, 5.74) is 2.41. The number of hydrogen-bond acceptors (Lipinski definition) is 7. The van der Waals surface area contributed by atoms with E-state index < -0.39 is 18.0 Å². The van der Waals surface area contributed by atoms with Crippen molar-refractivity contribution in [3.8, 4) is 5.75 Å². The van der Waals surface area contributed by atoms with Gasteiger partial charge in [0.2, 0.25) is 0 Å². The average Bonchev–Trinajstić information content (AvgIpc) is 3.06. The molecule has 3 rings (SSSR count). The first-order valence-electron chi connectivity index (χ1n) is 9.68. The number of nitrogens with one attached hydrogen (secondary N) is 1. The molecule has 32 heavy (non-hydrogen) atoms. The van der Waals surface area contributed by atoms with Gasteiger partial charge in [-0.2, -0.15) is 0 Å². The third kappa shape index (κ3) is 6.21. The van der Waals surface area contributed by atoms with Crippen molar-refractivity contribution in [3.05, 3.63) is 69.2 Å². The molecule has 0 saturated heterocycles. The van der Waals surface area contributed by atoms with Crippen LogP contribution < -0.4 is 10.1 Å². The predicted molar refractivity (Wildman–Crippen MR) is 119 cm³/mol. The molecule has 0 aliphatic carbocycles. The Morgan fingerprint density at radius 2 is 1.91 bits per heavy atom. The number of esters is 1. The monoisotopic (exact) mass is 477 g/mol. The second-order valence-corrected chi connectivity index (χ2v) is 7.86. The maximum absolute atomic E-state index is 12.3. The summed E-state index contributed by atoms with van der Waals surface area (Å²) >= 11 is 11.8. The van der Waals surface area contributed by atoms with E-state index in [0.717, 1.165) is 16.8 Å². The number of carbonyl (C=O) groups excluding carboxylic acids is 2. The van der Waals surface area contributed by atoms with Crippen LogP contribution in [0.15, 0.2) is 41.1 Å². The Bertz CT molecular complexity index is 1100. The molecule has 8 nitrogen and oxygen atoms in total. The summed E-state index contributed by atoms with van der Waals surface area (Å²) in [6, 6.07) is 8.47. The molecule has 1 aromatic carbocycles. The zero-order chi connectivity index (χ0) is 23.3. The van der Waals surface area contributed by atoms with Crippen LogP contribution in [0.2, 0.25) is 10.0 Å². The molecule has 2 heterocycles. The Balaban J connectivity index is 1.49. The molecular formula is C22H21Cl2N3O5. The van der Waals surface area contributed by atoms with Crippen LogP contribution in [0.25, 0.3) is 0 Å². The lowest BCUT2D eigenvalue weighted by molar-refractivity contribution is -0.152. The van der Waals surface area contributed by atoms with Crippen molar-refractivity contribution in [2.24, 2.45) is 0 Å². The van der Waals surface area contributed by atoms with Crippen molar-refractivity contribution in [2.45, 2.75) is 39.9 Å². The number of halogens is 2. The molecule has 1 N–H and O–H groups in total. The van der Waals surface area contributed by atoms with Crippen LogP contribution >= 0.6 is 23.2 Å². The van der Waals surface area contributed by atoms with Crippen molar-refractivity contribution in [1.82, 2.24) is 10.1 Å². The molecule has 1 atom stereocenters. The molecule has 0 radical (unpaired) electrons. The zero-order valence-corrected chi connectivity index (χ0v) is 19.2. The van der Waals surface area contributed by atoms with Crippen molar-refractivity contribution < 1.29 is 23.6 Å². The third-order valence-corrected chi connectivity index (χ3v) is 5.06. The standard InChI is InChI=1S/C22H21Cl2N3O5/c1-12-18(13(2)32-27-12)11-30-17-6-4-15(5-7-17)8-20(28)31-14(3)22(29)26-21-19(24)9-16(23)10-25-21/h4-7,9-10,14H,8,11H2,1-3H3,(H,25,26,29). The summed E-state index contributed by atoms with van der Waals surface area (Å²) in [5.74, 6) is 0.387. The number of anilines is 1. The Hall–Kier alpha value is -3.10.